The van der Waals surface area contributed by atoms with Crippen LogP contribution in [-0.2, 0) is 17.9 Å². The van der Waals surface area contributed by atoms with Crippen molar-refractivity contribution >= 4 is 16.7 Å². The summed E-state index contributed by atoms with van der Waals surface area (Å²) in [5.74, 6) is -0.168. The largest absolute Gasteiger partial charge is 0.354 e. The lowest BCUT2D eigenvalue weighted by atomic mass is 10.00. The fourth-order valence-electron chi connectivity index (χ4n) is 5.39. The maximum atomic E-state index is 13.3. The van der Waals surface area contributed by atoms with Gasteiger partial charge in [-0.15, -0.1) is 0 Å². The third kappa shape index (κ3) is 5.67. The molecule has 1 aromatic carbocycles. The van der Waals surface area contributed by atoms with E-state index in [1.165, 1.54) is 41.5 Å². The SMILES string of the molecule is CC[C@@H]1CCCCN1CCCNC(=O)Cn1ncc2c(C)n(Cc3ccc(C)cc3)c(C)c2c1=O. The second-order valence-corrected chi connectivity index (χ2v) is 9.94. The number of rotatable bonds is 9. The molecule has 3 aromatic rings. The van der Waals surface area contributed by atoms with Crippen LogP contribution in [0.1, 0.15) is 61.5 Å². The second kappa shape index (κ2) is 11.2. The van der Waals surface area contributed by atoms with Crippen molar-refractivity contribution in [3.8, 4) is 0 Å². The van der Waals surface area contributed by atoms with Crippen LogP contribution in [0.3, 0.4) is 0 Å². The van der Waals surface area contributed by atoms with Gasteiger partial charge in [0.1, 0.15) is 6.54 Å². The van der Waals surface area contributed by atoms with Gasteiger partial charge in [0.25, 0.3) is 5.56 Å². The highest BCUT2D eigenvalue weighted by Gasteiger charge is 2.20. The fraction of sp³-hybridized carbons (Fsp3) is 0.536. The van der Waals surface area contributed by atoms with Gasteiger partial charge in [-0.1, -0.05) is 43.2 Å². The van der Waals surface area contributed by atoms with Gasteiger partial charge in [0.2, 0.25) is 5.91 Å². The van der Waals surface area contributed by atoms with Crippen molar-refractivity contribution in [1.82, 2.24) is 24.6 Å². The molecule has 35 heavy (non-hydrogen) atoms. The Bertz CT molecular complexity index is 1220. The Morgan fingerprint density at radius 2 is 1.89 bits per heavy atom. The van der Waals surface area contributed by atoms with Crippen molar-refractivity contribution in [2.75, 3.05) is 19.6 Å². The monoisotopic (exact) mass is 477 g/mol. The van der Waals surface area contributed by atoms with E-state index in [9.17, 15) is 9.59 Å². The summed E-state index contributed by atoms with van der Waals surface area (Å²) in [6, 6.07) is 9.12. The van der Waals surface area contributed by atoms with E-state index in [1.807, 2.05) is 13.8 Å². The zero-order valence-electron chi connectivity index (χ0n) is 21.6. The normalized spacial score (nSPS) is 16.6. The van der Waals surface area contributed by atoms with Gasteiger partial charge in [0.05, 0.1) is 11.6 Å². The molecule has 2 aromatic heterocycles. The Kier molecular flexibility index (Phi) is 8.06. The number of hydrogen-bond donors (Lipinski definition) is 1. The maximum Gasteiger partial charge on any atom is 0.276 e. The number of likely N-dealkylation sites (tertiary alicyclic amines) is 1. The van der Waals surface area contributed by atoms with Crippen LogP contribution in [0.2, 0.25) is 0 Å². The number of nitrogens with zero attached hydrogens (tertiary/aromatic N) is 4. The molecule has 0 spiro atoms. The van der Waals surface area contributed by atoms with Crippen molar-refractivity contribution in [3.05, 3.63) is 63.3 Å². The van der Waals surface area contributed by atoms with E-state index >= 15 is 0 Å². The van der Waals surface area contributed by atoms with Gasteiger partial charge < -0.3 is 14.8 Å². The molecule has 188 valence electrons. The Morgan fingerprint density at radius 3 is 2.63 bits per heavy atom. The van der Waals surface area contributed by atoms with Gasteiger partial charge in [-0.25, -0.2) is 4.68 Å². The predicted molar refractivity (Wildman–Crippen MR) is 141 cm³/mol. The van der Waals surface area contributed by atoms with Crippen LogP contribution in [0.5, 0.6) is 0 Å². The third-order valence-electron chi connectivity index (χ3n) is 7.52. The Labute approximate surface area is 208 Å². The highest BCUT2D eigenvalue weighted by molar-refractivity contribution is 5.87. The molecule has 0 saturated carbocycles. The zero-order valence-corrected chi connectivity index (χ0v) is 21.6. The van der Waals surface area contributed by atoms with E-state index in [-0.39, 0.29) is 18.0 Å². The summed E-state index contributed by atoms with van der Waals surface area (Å²) >= 11 is 0. The summed E-state index contributed by atoms with van der Waals surface area (Å²) in [6.07, 6.45) is 7.71. The van der Waals surface area contributed by atoms with Crippen molar-refractivity contribution in [2.24, 2.45) is 0 Å². The van der Waals surface area contributed by atoms with Gasteiger partial charge in [-0.05, 0) is 58.6 Å². The molecule has 1 aliphatic heterocycles. The van der Waals surface area contributed by atoms with E-state index < -0.39 is 0 Å². The maximum absolute atomic E-state index is 13.3. The standard InChI is InChI=1S/C28H39N5O2/c1-5-24-9-6-7-15-31(24)16-8-14-29-26(34)19-33-28(35)27-22(4)32(21(3)25(27)17-30-33)18-23-12-10-20(2)11-13-23/h10-13,17,24H,5-9,14-16,18-19H2,1-4H3,(H,29,34)/t24-/m1/s1. The minimum Gasteiger partial charge on any atom is -0.354 e. The molecular weight excluding hydrogens is 438 g/mol. The van der Waals surface area contributed by atoms with Crippen molar-refractivity contribution in [1.29, 1.82) is 0 Å². The minimum atomic E-state index is -0.208. The molecule has 4 rings (SSSR count). The van der Waals surface area contributed by atoms with E-state index in [1.54, 1.807) is 6.20 Å². The fourth-order valence-corrected chi connectivity index (χ4v) is 5.39. The van der Waals surface area contributed by atoms with Crippen LogP contribution >= 0.6 is 0 Å². The molecular formula is C28H39N5O2. The third-order valence-corrected chi connectivity index (χ3v) is 7.52. The van der Waals surface area contributed by atoms with E-state index in [2.05, 4.69) is 58.0 Å². The number of benzene rings is 1. The summed E-state index contributed by atoms with van der Waals surface area (Å²) in [4.78, 5) is 28.4. The van der Waals surface area contributed by atoms with E-state index in [0.29, 0.717) is 24.5 Å². The van der Waals surface area contributed by atoms with Crippen LogP contribution in [0.4, 0.5) is 0 Å². The van der Waals surface area contributed by atoms with Gasteiger partial charge in [0.15, 0.2) is 0 Å². The number of hydrogen-bond acceptors (Lipinski definition) is 4. The number of aryl methyl sites for hydroxylation is 3. The summed E-state index contributed by atoms with van der Waals surface area (Å²) < 4.78 is 3.45. The summed E-state index contributed by atoms with van der Waals surface area (Å²) in [5, 5.41) is 8.80. The molecule has 0 bridgehead atoms. The molecule has 1 N–H and O–H groups in total. The van der Waals surface area contributed by atoms with Crippen LogP contribution in [0.25, 0.3) is 10.8 Å². The number of amides is 1. The van der Waals surface area contributed by atoms with E-state index in [0.717, 1.165) is 36.3 Å². The summed E-state index contributed by atoms with van der Waals surface area (Å²) in [7, 11) is 0. The highest BCUT2D eigenvalue weighted by atomic mass is 16.2. The smallest absolute Gasteiger partial charge is 0.276 e. The second-order valence-electron chi connectivity index (χ2n) is 9.94. The van der Waals surface area contributed by atoms with Crippen LogP contribution in [0, 0.1) is 20.8 Å². The van der Waals surface area contributed by atoms with Gasteiger partial charge in [-0.2, -0.15) is 5.10 Å². The Morgan fingerprint density at radius 1 is 1.11 bits per heavy atom. The number of nitrogens with one attached hydrogen (secondary N) is 1. The number of fused-ring (bicyclic) bond motifs is 1. The van der Waals surface area contributed by atoms with Gasteiger partial charge >= 0.3 is 0 Å². The molecule has 1 saturated heterocycles. The molecule has 1 aliphatic rings. The predicted octanol–water partition coefficient (Wildman–Crippen LogP) is 3.94. The molecule has 1 atom stereocenters. The molecule has 1 amide bonds. The summed E-state index contributed by atoms with van der Waals surface area (Å²) in [5.41, 5.74) is 4.13. The van der Waals surface area contributed by atoms with Gasteiger partial charge in [-0.3, -0.25) is 9.59 Å². The number of piperidine rings is 1. The first-order chi connectivity index (χ1) is 16.9. The Hall–Kier alpha value is -2.93. The Balaban J connectivity index is 1.40. The molecule has 0 aliphatic carbocycles. The van der Waals surface area contributed by atoms with E-state index in [4.69, 9.17) is 0 Å². The van der Waals surface area contributed by atoms with Crippen LogP contribution < -0.4 is 10.9 Å². The lowest BCUT2D eigenvalue weighted by Crippen LogP contribution is -2.41. The average molecular weight is 478 g/mol. The lowest BCUT2D eigenvalue weighted by Gasteiger charge is -2.35. The first kappa shape index (κ1) is 25.2. The molecule has 7 heteroatoms. The number of carbonyl (C=O) groups is 1. The van der Waals surface area contributed by atoms with Crippen LogP contribution in [0.15, 0.2) is 35.3 Å². The van der Waals surface area contributed by atoms with Crippen molar-refractivity contribution < 1.29 is 4.79 Å². The number of carbonyl (C=O) groups excluding carboxylic acids is 1. The molecule has 1 fully saturated rings. The van der Waals surface area contributed by atoms with Crippen molar-refractivity contribution in [2.45, 2.75) is 78.9 Å². The van der Waals surface area contributed by atoms with Crippen LogP contribution in [-0.4, -0.2) is 50.8 Å². The van der Waals surface area contributed by atoms with Gasteiger partial charge in [0, 0.05) is 42.5 Å². The molecule has 0 unspecified atom stereocenters. The average Bonchev–Trinajstić information content (AvgIpc) is 3.10. The minimum absolute atomic E-state index is 0.0578. The quantitative estimate of drug-likeness (QED) is 0.474. The van der Waals surface area contributed by atoms with Crippen molar-refractivity contribution in [3.63, 3.8) is 0 Å². The molecule has 0 radical (unpaired) electrons. The first-order valence-corrected chi connectivity index (χ1v) is 13.0. The molecule has 7 nitrogen and oxygen atoms in total. The summed E-state index contributed by atoms with van der Waals surface area (Å²) in [6.45, 7) is 11.8. The topological polar surface area (TPSA) is 72.2 Å². The first-order valence-electron chi connectivity index (χ1n) is 13.0. The lowest BCUT2D eigenvalue weighted by molar-refractivity contribution is -0.121. The number of aromatic nitrogens is 3. The highest BCUT2D eigenvalue weighted by Crippen LogP contribution is 2.23. The zero-order chi connectivity index (χ0) is 24.9. The molecule has 3 heterocycles.